The maximum absolute atomic E-state index is 5.20. The maximum atomic E-state index is 5.20. The van der Waals surface area contributed by atoms with Crippen LogP contribution in [-0.2, 0) is 5.41 Å². The molecule has 2 aromatic heterocycles. The van der Waals surface area contributed by atoms with Crippen molar-refractivity contribution in [2.24, 2.45) is 0 Å². The topological polar surface area (TPSA) is 54.8 Å². The predicted molar refractivity (Wildman–Crippen MR) is 147 cm³/mol. The van der Waals surface area contributed by atoms with Gasteiger partial charge in [-0.3, -0.25) is 4.90 Å². The van der Waals surface area contributed by atoms with Crippen LogP contribution in [0, 0.1) is 0 Å². The zero-order valence-corrected chi connectivity index (χ0v) is 20.9. The molecule has 5 nitrogen and oxygen atoms in total. The van der Waals surface area contributed by atoms with Gasteiger partial charge >= 0.3 is 0 Å². The third kappa shape index (κ3) is 3.23. The molecule has 0 amide bonds. The van der Waals surface area contributed by atoms with Crippen LogP contribution in [0.3, 0.4) is 0 Å². The molecule has 5 heteroatoms. The number of benzene rings is 3. The Labute approximate surface area is 210 Å². The van der Waals surface area contributed by atoms with Gasteiger partial charge in [0.1, 0.15) is 11.2 Å². The Bertz CT molecular complexity index is 1690. The second kappa shape index (κ2) is 8.38. The Morgan fingerprint density at radius 3 is 2.36 bits per heavy atom. The number of anilines is 2. The van der Waals surface area contributed by atoms with Gasteiger partial charge in [0.15, 0.2) is 5.65 Å². The quantitative estimate of drug-likeness (QED) is 0.268. The van der Waals surface area contributed by atoms with Crippen LogP contribution in [0.25, 0.3) is 33.2 Å². The lowest BCUT2D eigenvalue weighted by Gasteiger charge is -2.43. The molecule has 0 radical (unpaired) electrons. The van der Waals surface area contributed by atoms with Crippen molar-refractivity contribution in [2.75, 3.05) is 4.90 Å². The Kier molecular flexibility index (Phi) is 5.15. The number of rotatable bonds is 2. The molecule has 0 aliphatic carbocycles. The molecule has 1 aliphatic rings. The smallest absolute Gasteiger partial charge is 0.237 e. The van der Waals surface area contributed by atoms with E-state index in [0.29, 0.717) is 17.1 Å². The molecule has 0 unspecified atom stereocenters. The van der Waals surface area contributed by atoms with Gasteiger partial charge < -0.3 is 0 Å². The number of hydrogen-bond donors (Lipinski definition) is 0. The summed E-state index contributed by atoms with van der Waals surface area (Å²) in [4.78, 5) is 21.6. The van der Waals surface area contributed by atoms with Crippen LogP contribution in [0.5, 0.6) is 0 Å². The molecule has 6 rings (SSSR count). The minimum absolute atomic E-state index is 0.154. The van der Waals surface area contributed by atoms with E-state index in [1.165, 1.54) is 11.1 Å². The highest BCUT2D eigenvalue weighted by Gasteiger charge is 2.39. The molecule has 0 saturated carbocycles. The van der Waals surface area contributed by atoms with Crippen LogP contribution >= 0.6 is 0 Å². The molecule has 0 fully saturated rings. The first kappa shape index (κ1) is 22.1. The SMILES string of the molecule is CC=C1C(=CC)C(C)(C)c2ccccc2N1c1nc(-c2cccc3ccccc23)c2nccnc2n1. The van der Waals surface area contributed by atoms with E-state index in [2.05, 4.69) is 121 Å². The summed E-state index contributed by atoms with van der Waals surface area (Å²) in [6.45, 7) is 8.72. The van der Waals surface area contributed by atoms with Crippen LogP contribution in [-0.4, -0.2) is 19.9 Å². The lowest BCUT2D eigenvalue weighted by Crippen LogP contribution is -2.36. The van der Waals surface area contributed by atoms with Crippen LogP contribution in [0.15, 0.2) is 103 Å². The Hall–Kier alpha value is -4.38. The highest BCUT2D eigenvalue weighted by atomic mass is 15.3. The highest BCUT2D eigenvalue weighted by Crippen LogP contribution is 2.50. The number of allylic oxidation sites excluding steroid dienone is 3. The average Bonchev–Trinajstić information content (AvgIpc) is 2.92. The fourth-order valence-corrected chi connectivity index (χ4v) is 5.49. The molecule has 1 aliphatic heterocycles. The van der Waals surface area contributed by atoms with Crippen molar-refractivity contribution in [3.8, 4) is 11.3 Å². The normalized spacial score (nSPS) is 17.2. The third-order valence-corrected chi connectivity index (χ3v) is 7.14. The second-order valence-electron chi connectivity index (χ2n) is 9.48. The first-order chi connectivity index (χ1) is 17.5. The average molecular weight is 470 g/mol. The van der Waals surface area contributed by atoms with Crippen LogP contribution in [0.4, 0.5) is 11.6 Å². The molecule has 0 N–H and O–H groups in total. The summed E-state index contributed by atoms with van der Waals surface area (Å²) >= 11 is 0. The largest absolute Gasteiger partial charge is 0.279 e. The van der Waals surface area contributed by atoms with Crippen LogP contribution in [0.2, 0.25) is 0 Å². The van der Waals surface area contributed by atoms with Gasteiger partial charge in [0.25, 0.3) is 0 Å². The summed E-state index contributed by atoms with van der Waals surface area (Å²) in [5.41, 5.74) is 7.53. The van der Waals surface area contributed by atoms with Crippen molar-refractivity contribution >= 4 is 33.6 Å². The Morgan fingerprint density at radius 2 is 1.53 bits per heavy atom. The molecule has 176 valence electrons. The summed E-state index contributed by atoms with van der Waals surface area (Å²) in [5.74, 6) is 0.585. The van der Waals surface area contributed by atoms with Crippen molar-refractivity contribution in [3.05, 3.63) is 108 Å². The lowest BCUT2D eigenvalue weighted by molar-refractivity contribution is 0.609. The van der Waals surface area contributed by atoms with E-state index in [-0.39, 0.29) is 5.41 Å². The Morgan fingerprint density at radius 1 is 0.778 bits per heavy atom. The van der Waals surface area contributed by atoms with Gasteiger partial charge in [0, 0.05) is 29.1 Å². The molecule has 5 aromatic rings. The summed E-state index contributed by atoms with van der Waals surface area (Å²) in [5, 5.41) is 2.28. The predicted octanol–water partition coefficient (Wildman–Crippen LogP) is 7.52. The van der Waals surface area contributed by atoms with E-state index in [0.717, 1.165) is 33.4 Å². The van der Waals surface area contributed by atoms with Gasteiger partial charge in [-0.15, -0.1) is 0 Å². The molecule has 0 saturated heterocycles. The van der Waals surface area contributed by atoms with E-state index >= 15 is 0 Å². The van der Waals surface area contributed by atoms with Gasteiger partial charge in [-0.2, -0.15) is 4.98 Å². The number of aromatic nitrogens is 4. The lowest BCUT2D eigenvalue weighted by atomic mass is 9.72. The summed E-state index contributed by atoms with van der Waals surface area (Å²) < 4.78 is 0. The van der Waals surface area contributed by atoms with Crippen LogP contribution < -0.4 is 4.90 Å². The highest BCUT2D eigenvalue weighted by molar-refractivity contribution is 6.01. The molecule has 3 heterocycles. The Balaban J connectivity index is 1.69. The monoisotopic (exact) mass is 469 g/mol. The first-order valence-corrected chi connectivity index (χ1v) is 12.2. The minimum Gasteiger partial charge on any atom is -0.279 e. The second-order valence-corrected chi connectivity index (χ2v) is 9.48. The van der Waals surface area contributed by atoms with Crippen molar-refractivity contribution in [1.29, 1.82) is 0 Å². The van der Waals surface area contributed by atoms with Crippen molar-refractivity contribution < 1.29 is 0 Å². The van der Waals surface area contributed by atoms with Crippen molar-refractivity contribution in [3.63, 3.8) is 0 Å². The van der Waals surface area contributed by atoms with Crippen molar-refractivity contribution in [2.45, 2.75) is 33.1 Å². The standard InChI is InChI=1S/C31H27N5/c1-5-23-25(6-2)36(26-17-10-9-16-24(26)31(23,3)4)30-34-27(28-29(35-30)33-19-18-32-28)22-15-11-13-20-12-7-8-14-21(20)22/h5-19H,1-4H3. The fraction of sp³-hybridized carbons (Fsp3) is 0.161. The van der Waals surface area contributed by atoms with Crippen LogP contribution in [0.1, 0.15) is 33.3 Å². The molecule has 3 aromatic carbocycles. The van der Waals surface area contributed by atoms with E-state index in [4.69, 9.17) is 9.97 Å². The van der Waals surface area contributed by atoms with Gasteiger partial charge in [0.2, 0.25) is 5.95 Å². The van der Waals surface area contributed by atoms with Gasteiger partial charge in [0.05, 0.1) is 5.69 Å². The molecule has 0 atom stereocenters. The number of para-hydroxylation sites is 1. The zero-order valence-electron chi connectivity index (χ0n) is 20.9. The van der Waals surface area contributed by atoms with Gasteiger partial charge in [-0.1, -0.05) is 86.7 Å². The van der Waals surface area contributed by atoms with E-state index in [9.17, 15) is 0 Å². The molecule has 0 spiro atoms. The van der Waals surface area contributed by atoms with E-state index < -0.39 is 0 Å². The minimum atomic E-state index is -0.154. The molecular weight excluding hydrogens is 442 g/mol. The maximum Gasteiger partial charge on any atom is 0.237 e. The summed E-state index contributed by atoms with van der Waals surface area (Å²) in [6.07, 6.45) is 7.74. The van der Waals surface area contributed by atoms with E-state index in [1.54, 1.807) is 12.4 Å². The number of hydrogen-bond acceptors (Lipinski definition) is 5. The van der Waals surface area contributed by atoms with Gasteiger partial charge in [-0.25, -0.2) is 15.0 Å². The third-order valence-electron chi connectivity index (χ3n) is 7.14. The zero-order chi connectivity index (χ0) is 24.9. The van der Waals surface area contributed by atoms with E-state index in [1.807, 2.05) is 0 Å². The molecular formula is C31H27N5. The number of fused-ring (bicyclic) bond motifs is 3. The molecule has 36 heavy (non-hydrogen) atoms. The summed E-state index contributed by atoms with van der Waals surface area (Å²) in [7, 11) is 0. The van der Waals surface area contributed by atoms with Gasteiger partial charge in [-0.05, 0) is 41.8 Å². The first-order valence-electron chi connectivity index (χ1n) is 12.2. The van der Waals surface area contributed by atoms with Crippen molar-refractivity contribution in [1.82, 2.24) is 19.9 Å². The fourth-order valence-electron chi connectivity index (χ4n) is 5.49. The number of nitrogens with zero attached hydrogens (tertiary/aromatic N) is 5. The molecule has 0 bridgehead atoms. The summed E-state index contributed by atoms with van der Waals surface area (Å²) in [6, 6.07) is 23.2.